The monoisotopic (exact) mass is 364 g/mol. The Morgan fingerprint density at radius 3 is 2.35 bits per heavy atom. The van der Waals surface area contributed by atoms with Crippen LogP contribution >= 0.6 is 10.5 Å². The van der Waals surface area contributed by atoms with Crippen LogP contribution in [0.5, 0.6) is 0 Å². The second-order valence-corrected chi connectivity index (χ2v) is 7.31. The molecule has 1 fully saturated rings. The van der Waals surface area contributed by atoms with Crippen LogP contribution < -0.4 is 17.0 Å². The van der Waals surface area contributed by atoms with E-state index >= 15 is 0 Å². The van der Waals surface area contributed by atoms with Gasteiger partial charge in [-0.3, -0.25) is 0 Å². The van der Waals surface area contributed by atoms with Gasteiger partial charge in [0.05, 0.1) is 10.5 Å². The van der Waals surface area contributed by atoms with Crippen LogP contribution in [0.3, 0.4) is 0 Å². The number of fused-ring (bicyclic) bond motifs is 1. The average Bonchev–Trinajstić information content (AvgIpc) is 2.92. The van der Waals surface area contributed by atoms with Gasteiger partial charge >= 0.3 is 5.51 Å². The Hall–Kier alpha value is -0.550. The summed E-state index contributed by atoms with van der Waals surface area (Å²) < 4.78 is 40.8. The summed E-state index contributed by atoms with van der Waals surface area (Å²) in [6, 6.07) is 7.24. The molecule has 0 spiro atoms. The molecule has 1 saturated carbocycles. The van der Waals surface area contributed by atoms with E-state index in [0.717, 1.165) is 36.6 Å². The molecular formula is C15H16BrF3S. The first-order valence-corrected chi connectivity index (χ1v) is 7.82. The molecule has 110 valence electrons. The highest BCUT2D eigenvalue weighted by molar-refractivity contribution is 7.38. The number of thiophene rings is 1. The predicted molar refractivity (Wildman–Crippen MR) is 73.7 cm³/mol. The molecule has 1 aliphatic rings. The largest absolute Gasteiger partial charge is 1.00 e. The quantitative estimate of drug-likeness (QED) is 0.682. The van der Waals surface area contributed by atoms with Crippen molar-refractivity contribution in [1.29, 1.82) is 0 Å². The molecule has 1 atom stereocenters. The molecule has 0 saturated heterocycles. The molecule has 0 bridgehead atoms. The van der Waals surface area contributed by atoms with Gasteiger partial charge in [0.15, 0.2) is 9.58 Å². The smallest absolute Gasteiger partial charge is 0.600 e. The summed E-state index contributed by atoms with van der Waals surface area (Å²) in [5.74, 6) is 0.137. The number of aryl methyl sites for hydroxylation is 1. The zero-order valence-electron chi connectivity index (χ0n) is 11.1. The van der Waals surface area contributed by atoms with Gasteiger partial charge in [-0.2, -0.15) is 0 Å². The van der Waals surface area contributed by atoms with E-state index in [-0.39, 0.29) is 22.9 Å². The maximum Gasteiger partial charge on any atom is 0.600 e. The van der Waals surface area contributed by atoms with Crippen LogP contribution in [-0.4, -0.2) is 0 Å². The third kappa shape index (κ3) is 2.75. The lowest BCUT2D eigenvalue weighted by molar-refractivity contribution is -0.0868. The van der Waals surface area contributed by atoms with Crippen LogP contribution in [0.15, 0.2) is 24.3 Å². The van der Waals surface area contributed by atoms with Crippen LogP contribution in [0.4, 0.5) is 13.2 Å². The number of benzene rings is 1. The van der Waals surface area contributed by atoms with Crippen LogP contribution in [0.1, 0.15) is 42.0 Å². The fourth-order valence-corrected chi connectivity index (χ4v) is 5.28. The van der Waals surface area contributed by atoms with Gasteiger partial charge in [0.25, 0.3) is 0 Å². The summed E-state index contributed by atoms with van der Waals surface area (Å²) in [7, 11) is -1.70. The summed E-state index contributed by atoms with van der Waals surface area (Å²) in [5, 5.41) is 0.771. The number of rotatable bonds is 1. The van der Waals surface area contributed by atoms with Crippen LogP contribution in [0.25, 0.3) is 10.1 Å². The summed E-state index contributed by atoms with van der Waals surface area (Å²) in [5.41, 5.74) is -3.24. The van der Waals surface area contributed by atoms with Crippen molar-refractivity contribution < 1.29 is 30.2 Å². The van der Waals surface area contributed by atoms with Crippen molar-refractivity contribution in [1.82, 2.24) is 0 Å². The molecule has 1 aromatic carbocycles. The summed E-state index contributed by atoms with van der Waals surface area (Å²) in [6.45, 7) is 1.85. The third-order valence-electron chi connectivity index (χ3n) is 3.91. The van der Waals surface area contributed by atoms with Gasteiger partial charge < -0.3 is 17.0 Å². The van der Waals surface area contributed by atoms with Gasteiger partial charge in [0.1, 0.15) is 0 Å². The summed E-state index contributed by atoms with van der Waals surface area (Å²) in [4.78, 5) is 0.630. The lowest BCUT2D eigenvalue weighted by Crippen LogP contribution is -3.00. The molecule has 20 heavy (non-hydrogen) atoms. The standard InChI is InChI=1S/C15H16F3S.BrH/c1-10-6-7-12-9-14(11-4-2-3-5-11)19(13(12)8-10)15(16,17)18;/h6-9,11H,2-5H2,1H3;1H/q+1;/p-1. The van der Waals surface area contributed by atoms with Gasteiger partial charge in [-0.05, 0) is 31.4 Å². The maximum atomic E-state index is 13.4. The first-order chi connectivity index (χ1) is 8.97. The highest BCUT2D eigenvalue weighted by atomic mass is 79.9. The molecule has 3 rings (SSSR count). The minimum atomic E-state index is -4.15. The number of hydrogen-bond donors (Lipinski definition) is 0. The third-order valence-corrected chi connectivity index (χ3v) is 6.09. The van der Waals surface area contributed by atoms with Crippen molar-refractivity contribution in [3.63, 3.8) is 0 Å². The highest BCUT2D eigenvalue weighted by Gasteiger charge is 2.49. The van der Waals surface area contributed by atoms with Crippen molar-refractivity contribution in [2.24, 2.45) is 0 Å². The summed E-state index contributed by atoms with van der Waals surface area (Å²) >= 11 is 0. The molecule has 0 nitrogen and oxygen atoms in total. The fourth-order valence-electron chi connectivity index (χ4n) is 3.03. The topological polar surface area (TPSA) is 0 Å². The molecular weight excluding hydrogens is 349 g/mol. The molecule has 0 N–H and O–H groups in total. The van der Waals surface area contributed by atoms with E-state index in [9.17, 15) is 13.2 Å². The van der Waals surface area contributed by atoms with E-state index in [2.05, 4.69) is 0 Å². The van der Waals surface area contributed by atoms with Crippen LogP contribution in [-0.2, 0) is 5.51 Å². The maximum absolute atomic E-state index is 13.4. The molecule has 0 amide bonds. The SMILES string of the molecule is Cc1ccc2cc(C3CCCC3)[s+](C(F)(F)F)c2c1.[Br-]. The molecule has 5 heteroatoms. The van der Waals surface area contributed by atoms with Gasteiger partial charge in [0, 0.05) is 23.4 Å². The van der Waals surface area contributed by atoms with Gasteiger partial charge in [-0.15, -0.1) is 13.2 Å². The molecule has 2 aromatic rings. The Kier molecular flexibility index (Phi) is 4.50. The van der Waals surface area contributed by atoms with Crippen LogP contribution in [0, 0.1) is 6.92 Å². The highest BCUT2D eigenvalue weighted by Crippen LogP contribution is 2.55. The second kappa shape index (κ2) is 5.68. The number of alkyl halides is 3. The second-order valence-electron chi connectivity index (χ2n) is 5.32. The van der Waals surface area contributed by atoms with Gasteiger partial charge in [-0.1, -0.05) is 18.9 Å². The number of hydrogen-bond acceptors (Lipinski definition) is 0. The van der Waals surface area contributed by atoms with Gasteiger partial charge in [0.2, 0.25) is 0 Å². The first kappa shape index (κ1) is 15.8. The van der Waals surface area contributed by atoms with Crippen molar-refractivity contribution in [2.45, 2.75) is 44.0 Å². The molecule has 1 heterocycles. The molecule has 1 unspecified atom stereocenters. The van der Waals surface area contributed by atoms with Crippen LogP contribution in [0.2, 0.25) is 0 Å². The lowest BCUT2D eigenvalue weighted by atomic mass is 10.1. The van der Waals surface area contributed by atoms with E-state index in [1.807, 2.05) is 19.1 Å². The van der Waals surface area contributed by atoms with Crippen molar-refractivity contribution in [2.75, 3.05) is 0 Å². The molecule has 1 aromatic heterocycles. The van der Waals surface area contributed by atoms with E-state index in [1.54, 1.807) is 12.1 Å². The first-order valence-electron chi connectivity index (χ1n) is 6.60. The van der Waals surface area contributed by atoms with Crippen molar-refractivity contribution in [3.8, 4) is 0 Å². The Morgan fingerprint density at radius 2 is 1.75 bits per heavy atom. The Labute approximate surface area is 129 Å². The average molecular weight is 365 g/mol. The molecule has 0 radical (unpaired) electrons. The predicted octanol–water partition coefficient (Wildman–Crippen LogP) is 3.04. The fraction of sp³-hybridized carbons (Fsp3) is 0.467. The number of halogens is 4. The minimum Gasteiger partial charge on any atom is -1.00 e. The zero-order valence-corrected chi connectivity index (χ0v) is 13.5. The molecule has 1 aliphatic carbocycles. The van der Waals surface area contributed by atoms with E-state index in [4.69, 9.17) is 0 Å². The zero-order chi connectivity index (χ0) is 13.6. The Bertz CT molecular complexity index is 609. The Morgan fingerprint density at radius 1 is 1.10 bits per heavy atom. The normalized spacial score (nSPS) is 17.5. The van der Waals surface area contributed by atoms with E-state index in [0.29, 0.717) is 9.58 Å². The van der Waals surface area contributed by atoms with E-state index in [1.165, 1.54) is 0 Å². The Balaban J connectivity index is 0.00000147. The summed E-state index contributed by atoms with van der Waals surface area (Å²) in [6.07, 6.45) is 3.95. The van der Waals surface area contributed by atoms with Crippen molar-refractivity contribution >= 4 is 20.6 Å². The minimum absolute atomic E-state index is 0. The molecule has 0 aliphatic heterocycles. The lowest BCUT2D eigenvalue weighted by Gasteiger charge is -2.05. The van der Waals surface area contributed by atoms with E-state index < -0.39 is 16.0 Å². The van der Waals surface area contributed by atoms with Crippen molar-refractivity contribution in [3.05, 3.63) is 34.7 Å². The van der Waals surface area contributed by atoms with Gasteiger partial charge in [-0.25, -0.2) is 0 Å².